The highest BCUT2D eigenvalue weighted by molar-refractivity contribution is 6.30. The molecule has 0 aliphatic heterocycles. The molecule has 2 aromatic rings. The van der Waals surface area contributed by atoms with Gasteiger partial charge in [-0.1, -0.05) is 48.3 Å². The molecule has 0 fully saturated rings. The zero-order valence-corrected chi connectivity index (χ0v) is 17.5. The van der Waals surface area contributed by atoms with Gasteiger partial charge in [-0.15, -0.1) is 0 Å². The van der Waals surface area contributed by atoms with Crippen molar-refractivity contribution in [3.05, 3.63) is 64.1 Å². The Morgan fingerprint density at radius 1 is 1.07 bits per heavy atom. The molecule has 0 bridgehead atoms. The monoisotopic (exact) mass is 422 g/mol. The van der Waals surface area contributed by atoms with Crippen LogP contribution in [0.1, 0.15) is 25.8 Å². The fourth-order valence-electron chi connectivity index (χ4n) is 2.78. The van der Waals surface area contributed by atoms with Crippen LogP contribution < -0.4 is 10.1 Å². The minimum Gasteiger partial charge on any atom is -0.484 e. The number of nitrogens with zero attached hydrogens (tertiary/aromatic N) is 1. The second-order valence-corrected chi connectivity index (χ2v) is 7.09. The Labute approximate surface area is 175 Å². The molecule has 1 unspecified atom stereocenters. The van der Waals surface area contributed by atoms with Gasteiger partial charge in [-0.2, -0.15) is 0 Å². The number of halogens is 2. The van der Waals surface area contributed by atoms with E-state index in [1.54, 1.807) is 41.3 Å². The molecule has 0 radical (unpaired) electrons. The predicted octanol–water partition coefficient (Wildman–Crippen LogP) is 4.32. The van der Waals surface area contributed by atoms with Gasteiger partial charge in [0.25, 0.3) is 5.91 Å². The molecule has 0 spiro atoms. The van der Waals surface area contributed by atoms with Crippen LogP contribution in [0.3, 0.4) is 0 Å². The van der Waals surface area contributed by atoms with E-state index in [9.17, 15) is 9.59 Å². The first-order chi connectivity index (χ1) is 13.4. The quantitative estimate of drug-likeness (QED) is 0.654. The average Bonchev–Trinajstić information content (AvgIpc) is 2.68. The van der Waals surface area contributed by atoms with Crippen LogP contribution in [0.5, 0.6) is 5.75 Å². The third kappa shape index (κ3) is 6.43. The molecule has 0 aromatic heterocycles. The molecule has 2 rings (SSSR count). The maximum absolute atomic E-state index is 12.9. The molecule has 1 atom stereocenters. The van der Waals surface area contributed by atoms with E-state index < -0.39 is 6.04 Å². The standard InChI is InChI=1S/C21H24Cl2N2O3/c1-3-19(21(27)24-4-2)25(13-15-8-10-16(22)11-9-15)20(26)14-28-18-7-5-6-17(23)12-18/h5-12,19H,3-4,13-14H2,1-2H3,(H,24,27). The Kier molecular flexibility index (Phi) is 8.61. The van der Waals surface area contributed by atoms with Crippen molar-refractivity contribution in [2.75, 3.05) is 13.2 Å². The minimum atomic E-state index is -0.592. The highest BCUT2D eigenvalue weighted by Crippen LogP contribution is 2.19. The summed E-state index contributed by atoms with van der Waals surface area (Å²) in [5.74, 6) is 0.0291. The van der Waals surface area contributed by atoms with Crippen LogP contribution in [0.2, 0.25) is 10.0 Å². The lowest BCUT2D eigenvalue weighted by molar-refractivity contribution is -0.142. The van der Waals surface area contributed by atoms with Crippen molar-refractivity contribution >= 4 is 35.0 Å². The number of carbonyl (C=O) groups excluding carboxylic acids is 2. The molecule has 0 heterocycles. The van der Waals surface area contributed by atoms with Gasteiger partial charge in [-0.3, -0.25) is 9.59 Å². The second kappa shape index (κ2) is 10.9. The van der Waals surface area contributed by atoms with Crippen LogP contribution in [0, 0.1) is 0 Å². The average molecular weight is 423 g/mol. The predicted molar refractivity (Wildman–Crippen MR) is 112 cm³/mol. The molecule has 0 saturated heterocycles. The lowest BCUT2D eigenvalue weighted by Crippen LogP contribution is -2.50. The Morgan fingerprint density at radius 2 is 1.79 bits per heavy atom. The molecule has 7 heteroatoms. The van der Waals surface area contributed by atoms with E-state index in [1.165, 1.54) is 0 Å². The summed E-state index contributed by atoms with van der Waals surface area (Å²) in [7, 11) is 0. The summed E-state index contributed by atoms with van der Waals surface area (Å²) in [6.07, 6.45) is 0.488. The third-order valence-electron chi connectivity index (χ3n) is 4.16. The molecule has 1 N–H and O–H groups in total. The van der Waals surface area contributed by atoms with Gasteiger partial charge >= 0.3 is 0 Å². The van der Waals surface area contributed by atoms with E-state index in [1.807, 2.05) is 26.0 Å². The molecule has 0 aliphatic carbocycles. The van der Waals surface area contributed by atoms with E-state index in [0.717, 1.165) is 5.56 Å². The van der Waals surface area contributed by atoms with Crippen LogP contribution in [-0.4, -0.2) is 35.9 Å². The van der Waals surface area contributed by atoms with Crippen molar-refractivity contribution in [3.63, 3.8) is 0 Å². The van der Waals surface area contributed by atoms with Crippen LogP contribution in [0.4, 0.5) is 0 Å². The topological polar surface area (TPSA) is 58.6 Å². The van der Waals surface area contributed by atoms with E-state index in [4.69, 9.17) is 27.9 Å². The van der Waals surface area contributed by atoms with Crippen LogP contribution in [0.25, 0.3) is 0 Å². The Morgan fingerprint density at radius 3 is 2.39 bits per heavy atom. The fraction of sp³-hybridized carbons (Fsp3) is 0.333. The Hall–Kier alpha value is -2.24. The van der Waals surface area contributed by atoms with E-state index in [-0.39, 0.29) is 25.0 Å². The Balaban J connectivity index is 2.18. The minimum absolute atomic E-state index is 0.185. The summed E-state index contributed by atoms with van der Waals surface area (Å²) in [6, 6.07) is 13.4. The zero-order valence-electron chi connectivity index (χ0n) is 16.0. The molecule has 28 heavy (non-hydrogen) atoms. The highest BCUT2D eigenvalue weighted by atomic mass is 35.5. The van der Waals surface area contributed by atoms with Crippen LogP contribution in [0.15, 0.2) is 48.5 Å². The number of carbonyl (C=O) groups is 2. The van der Waals surface area contributed by atoms with Crippen molar-refractivity contribution in [2.24, 2.45) is 0 Å². The first-order valence-electron chi connectivity index (χ1n) is 9.14. The zero-order chi connectivity index (χ0) is 20.5. The maximum Gasteiger partial charge on any atom is 0.261 e. The lowest BCUT2D eigenvalue weighted by atomic mass is 10.1. The molecule has 2 aromatic carbocycles. The van der Waals surface area contributed by atoms with Crippen molar-refractivity contribution < 1.29 is 14.3 Å². The van der Waals surface area contributed by atoms with Crippen LogP contribution in [-0.2, 0) is 16.1 Å². The van der Waals surface area contributed by atoms with Crippen molar-refractivity contribution in [2.45, 2.75) is 32.9 Å². The smallest absolute Gasteiger partial charge is 0.261 e. The van der Waals surface area contributed by atoms with Gasteiger partial charge in [0.2, 0.25) is 5.91 Å². The largest absolute Gasteiger partial charge is 0.484 e. The van der Waals surface area contributed by atoms with Crippen LogP contribution >= 0.6 is 23.2 Å². The molecule has 2 amide bonds. The first kappa shape index (κ1) is 22.1. The van der Waals surface area contributed by atoms with E-state index >= 15 is 0 Å². The number of likely N-dealkylation sites (N-methyl/N-ethyl adjacent to an activating group) is 1. The summed E-state index contributed by atoms with van der Waals surface area (Å²) < 4.78 is 5.59. The summed E-state index contributed by atoms with van der Waals surface area (Å²) >= 11 is 11.9. The molecule has 5 nitrogen and oxygen atoms in total. The molecule has 0 saturated carbocycles. The number of ether oxygens (including phenoxy) is 1. The van der Waals surface area contributed by atoms with Gasteiger partial charge < -0.3 is 15.0 Å². The van der Waals surface area contributed by atoms with Gasteiger partial charge in [0.05, 0.1) is 0 Å². The van der Waals surface area contributed by atoms with Gasteiger partial charge in [0.15, 0.2) is 6.61 Å². The van der Waals surface area contributed by atoms with Crippen molar-refractivity contribution in [3.8, 4) is 5.75 Å². The van der Waals surface area contributed by atoms with Gasteiger partial charge in [0.1, 0.15) is 11.8 Å². The van der Waals surface area contributed by atoms with Crippen molar-refractivity contribution in [1.29, 1.82) is 0 Å². The van der Waals surface area contributed by atoms with Gasteiger partial charge in [0, 0.05) is 23.1 Å². The molecule has 150 valence electrons. The summed E-state index contributed by atoms with van der Waals surface area (Å²) in [4.78, 5) is 27.0. The number of amides is 2. The Bertz CT molecular complexity index is 796. The van der Waals surface area contributed by atoms with Crippen molar-refractivity contribution in [1.82, 2.24) is 10.2 Å². The number of hydrogen-bond acceptors (Lipinski definition) is 3. The molecular formula is C21H24Cl2N2O3. The maximum atomic E-state index is 12.9. The van der Waals surface area contributed by atoms with E-state index in [0.29, 0.717) is 28.8 Å². The van der Waals surface area contributed by atoms with Gasteiger partial charge in [-0.05, 0) is 49.2 Å². The first-order valence-corrected chi connectivity index (χ1v) is 9.90. The fourth-order valence-corrected chi connectivity index (χ4v) is 3.09. The van der Waals surface area contributed by atoms with Gasteiger partial charge in [-0.25, -0.2) is 0 Å². The number of nitrogens with one attached hydrogen (secondary N) is 1. The molecular weight excluding hydrogens is 399 g/mol. The summed E-state index contributed by atoms with van der Waals surface area (Å²) in [5.41, 5.74) is 0.878. The number of hydrogen-bond donors (Lipinski definition) is 1. The highest BCUT2D eigenvalue weighted by Gasteiger charge is 2.28. The SMILES string of the molecule is CCNC(=O)C(CC)N(Cc1ccc(Cl)cc1)C(=O)COc1cccc(Cl)c1. The third-order valence-corrected chi connectivity index (χ3v) is 4.65. The molecule has 0 aliphatic rings. The summed E-state index contributed by atoms with van der Waals surface area (Å²) in [6.45, 7) is 4.31. The number of rotatable bonds is 9. The number of benzene rings is 2. The summed E-state index contributed by atoms with van der Waals surface area (Å²) in [5, 5.41) is 3.93. The lowest BCUT2D eigenvalue weighted by Gasteiger charge is -2.30. The normalized spacial score (nSPS) is 11.6. The second-order valence-electron chi connectivity index (χ2n) is 6.21. The van der Waals surface area contributed by atoms with E-state index in [2.05, 4.69) is 5.32 Å².